The van der Waals surface area contributed by atoms with E-state index in [-0.39, 0.29) is 12.5 Å². The van der Waals surface area contributed by atoms with Crippen molar-refractivity contribution in [2.75, 3.05) is 20.3 Å². The van der Waals surface area contributed by atoms with Gasteiger partial charge in [0.2, 0.25) is 0 Å². The van der Waals surface area contributed by atoms with E-state index in [1.54, 1.807) is 6.07 Å². The second kappa shape index (κ2) is 7.51. The molecule has 0 heterocycles. The van der Waals surface area contributed by atoms with E-state index >= 15 is 0 Å². The number of benzene rings is 1. The Labute approximate surface area is 115 Å². The molecule has 2 N–H and O–H groups in total. The molecule has 1 aromatic carbocycles. The van der Waals surface area contributed by atoms with E-state index < -0.39 is 6.10 Å². The van der Waals surface area contributed by atoms with Crippen molar-refractivity contribution in [3.05, 3.63) is 33.8 Å². The average Bonchev–Trinajstić information content (AvgIpc) is 2.29. The summed E-state index contributed by atoms with van der Waals surface area (Å²) in [5.41, 5.74) is 1.57. The summed E-state index contributed by atoms with van der Waals surface area (Å²) in [5.74, 6) is -0.121. The molecule has 0 aliphatic rings. The summed E-state index contributed by atoms with van der Waals surface area (Å²) in [5, 5.41) is 12.2. The van der Waals surface area contributed by atoms with Gasteiger partial charge in [0.05, 0.1) is 12.7 Å². The van der Waals surface area contributed by atoms with Crippen molar-refractivity contribution in [2.24, 2.45) is 0 Å². The Bertz CT molecular complexity index is 409. The van der Waals surface area contributed by atoms with Crippen LogP contribution in [0.1, 0.15) is 22.3 Å². The molecule has 0 radical (unpaired) electrons. The molecule has 1 rings (SSSR count). The van der Waals surface area contributed by atoms with Crippen molar-refractivity contribution < 1.29 is 14.6 Å². The lowest BCUT2D eigenvalue weighted by atomic mass is 10.1. The van der Waals surface area contributed by atoms with Gasteiger partial charge in [0.1, 0.15) is 0 Å². The number of methoxy groups -OCH3 is 1. The van der Waals surface area contributed by atoms with Gasteiger partial charge in [-0.2, -0.15) is 0 Å². The fraction of sp³-hybridized carbons (Fsp3) is 0.462. The molecule has 0 fully saturated rings. The van der Waals surface area contributed by atoms with E-state index in [0.29, 0.717) is 18.5 Å². The molecule has 0 aromatic heterocycles. The number of carbonyl (C=O) groups is 1. The second-order valence-corrected chi connectivity index (χ2v) is 5.03. The first-order valence-corrected chi connectivity index (χ1v) is 6.55. The van der Waals surface area contributed by atoms with Crippen LogP contribution in [0.15, 0.2) is 22.7 Å². The third-order valence-electron chi connectivity index (χ3n) is 2.56. The van der Waals surface area contributed by atoms with Gasteiger partial charge in [-0.15, -0.1) is 0 Å². The highest BCUT2D eigenvalue weighted by Gasteiger charge is 2.09. The largest absolute Gasteiger partial charge is 0.391 e. The van der Waals surface area contributed by atoms with E-state index in [2.05, 4.69) is 21.2 Å². The number of rotatable bonds is 6. The highest BCUT2D eigenvalue weighted by molar-refractivity contribution is 9.10. The molecule has 0 spiro atoms. The molecule has 0 saturated carbocycles. The lowest BCUT2D eigenvalue weighted by Crippen LogP contribution is -2.28. The first kappa shape index (κ1) is 15.1. The van der Waals surface area contributed by atoms with E-state index in [1.807, 2.05) is 19.1 Å². The predicted octanol–water partition coefficient (Wildman–Crippen LogP) is 1.88. The summed E-state index contributed by atoms with van der Waals surface area (Å²) in [6.07, 6.45) is -0.0591. The monoisotopic (exact) mass is 315 g/mol. The summed E-state index contributed by atoms with van der Waals surface area (Å²) < 4.78 is 5.76. The van der Waals surface area contributed by atoms with Crippen molar-refractivity contribution in [2.45, 2.75) is 19.4 Å². The summed E-state index contributed by atoms with van der Waals surface area (Å²) in [7, 11) is 1.53. The van der Waals surface area contributed by atoms with Gasteiger partial charge in [-0.1, -0.05) is 15.9 Å². The molecule has 100 valence electrons. The lowest BCUT2D eigenvalue weighted by molar-refractivity contribution is 0.0587. The number of amides is 1. The molecule has 0 bridgehead atoms. The fourth-order valence-corrected chi connectivity index (χ4v) is 2.08. The molecule has 0 aliphatic carbocycles. The first-order chi connectivity index (χ1) is 8.54. The van der Waals surface area contributed by atoms with Crippen LogP contribution in [0.2, 0.25) is 0 Å². The molecule has 5 heteroatoms. The molecule has 4 nitrogen and oxygen atoms in total. The van der Waals surface area contributed by atoms with Gasteiger partial charge in [0.25, 0.3) is 5.91 Å². The third-order valence-corrected chi connectivity index (χ3v) is 3.05. The van der Waals surface area contributed by atoms with Crippen LogP contribution < -0.4 is 5.32 Å². The molecular weight excluding hydrogens is 298 g/mol. The maximum atomic E-state index is 11.9. The minimum absolute atomic E-state index is 0.121. The van der Waals surface area contributed by atoms with E-state index in [4.69, 9.17) is 4.74 Å². The predicted molar refractivity (Wildman–Crippen MR) is 73.7 cm³/mol. The zero-order valence-corrected chi connectivity index (χ0v) is 12.2. The number of carbonyl (C=O) groups excluding carboxylic acids is 1. The van der Waals surface area contributed by atoms with E-state index in [1.165, 1.54) is 7.11 Å². The quantitative estimate of drug-likeness (QED) is 0.842. The van der Waals surface area contributed by atoms with Crippen LogP contribution in [-0.4, -0.2) is 37.4 Å². The fourth-order valence-electron chi connectivity index (χ4n) is 1.61. The smallest absolute Gasteiger partial charge is 0.251 e. The SMILES string of the molecule is COCC(O)CCNC(=O)c1ccc(Br)cc1C. The Morgan fingerprint density at radius 1 is 1.56 bits per heavy atom. The molecule has 1 atom stereocenters. The molecule has 1 unspecified atom stereocenters. The Morgan fingerprint density at radius 2 is 2.28 bits per heavy atom. The molecule has 0 saturated heterocycles. The second-order valence-electron chi connectivity index (χ2n) is 4.11. The van der Waals surface area contributed by atoms with Gasteiger partial charge in [-0.25, -0.2) is 0 Å². The topological polar surface area (TPSA) is 58.6 Å². The van der Waals surface area contributed by atoms with Gasteiger partial charge in [0, 0.05) is 23.7 Å². The number of hydrogen-bond donors (Lipinski definition) is 2. The standard InChI is InChI=1S/C13H18BrNO3/c1-9-7-10(14)3-4-12(9)13(17)15-6-5-11(16)8-18-2/h3-4,7,11,16H,5-6,8H2,1-2H3,(H,15,17). The highest BCUT2D eigenvalue weighted by atomic mass is 79.9. The zero-order chi connectivity index (χ0) is 13.5. The minimum atomic E-state index is -0.540. The first-order valence-electron chi connectivity index (χ1n) is 5.76. The van der Waals surface area contributed by atoms with Crippen molar-refractivity contribution in [1.82, 2.24) is 5.32 Å². The number of hydrogen-bond acceptors (Lipinski definition) is 3. The van der Waals surface area contributed by atoms with Crippen LogP contribution in [0.5, 0.6) is 0 Å². The van der Waals surface area contributed by atoms with Gasteiger partial charge < -0.3 is 15.2 Å². The van der Waals surface area contributed by atoms with Gasteiger partial charge in [0.15, 0.2) is 0 Å². The van der Waals surface area contributed by atoms with Crippen LogP contribution >= 0.6 is 15.9 Å². The summed E-state index contributed by atoms with van der Waals surface area (Å²) >= 11 is 3.36. The van der Waals surface area contributed by atoms with Crippen LogP contribution in [0.25, 0.3) is 0 Å². The molecule has 1 aromatic rings. The van der Waals surface area contributed by atoms with Gasteiger partial charge in [-0.05, 0) is 37.1 Å². The van der Waals surface area contributed by atoms with Crippen molar-refractivity contribution in [3.63, 3.8) is 0 Å². The number of nitrogens with one attached hydrogen (secondary N) is 1. The Kier molecular flexibility index (Phi) is 6.32. The number of aryl methyl sites for hydroxylation is 1. The van der Waals surface area contributed by atoms with Gasteiger partial charge in [-0.3, -0.25) is 4.79 Å². The lowest BCUT2D eigenvalue weighted by Gasteiger charge is -2.11. The molecule has 18 heavy (non-hydrogen) atoms. The van der Waals surface area contributed by atoms with Crippen molar-refractivity contribution in [3.8, 4) is 0 Å². The Morgan fingerprint density at radius 3 is 2.89 bits per heavy atom. The van der Waals surface area contributed by atoms with Crippen LogP contribution in [0.4, 0.5) is 0 Å². The zero-order valence-electron chi connectivity index (χ0n) is 10.6. The van der Waals surface area contributed by atoms with Gasteiger partial charge >= 0.3 is 0 Å². The molecule has 0 aliphatic heterocycles. The maximum Gasteiger partial charge on any atom is 0.251 e. The summed E-state index contributed by atoms with van der Waals surface area (Å²) in [4.78, 5) is 11.9. The summed E-state index contributed by atoms with van der Waals surface area (Å²) in [6, 6.07) is 5.51. The van der Waals surface area contributed by atoms with Crippen LogP contribution in [0.3, 0.4) is 0 Å². The number of halogens is 1. The Hall–Kier alpha value is -0.910. The van der Waals surface area contributed by atoms with Crippen molar-refractivity contribution in [1.29, 1.82) is 0 Å². The maximum absolute atomic E-state index is 11.9. The number of aliphatic hydroxyl groups excluding tert-OH is 1. The normalized spacial score (nSPS) is 12.2. The minimum Gasteiger partial charge on any atom is -0.391 e. The number of aliphatic hydroxyl groups is 1. The van der Waals surface area contributed by atoms with Crippen molar-refractivity contribution >= 4 is 21.8 Å². The molecular formula is C13H18BrNO3. The van der Waals surface area contributed by atoms with E-state index in [0.717, 1.165) is 10.0 Å². The average molecular weight is 316 g/mol. The third kappa shape index (κ3) is 4.76. The summed E-state index contributed by atoms with van der Waals surface area (Å²) in [6.45, 7) is 2.60. The molecule has 1 amide bonds. The number of ether oxygens (including phenoxy) is 1. The Balaban J connectivity index is 2.45. The van der Waals surface area contributed by atoms with E-state index in [9.17, 15) is 9.90 Å². The highest BCUT2D eigenvalue weighted by Crippen LogP contribution is 2.15. The van der Waals surface area contributed by atoms with Crippen LogP contribution in [-0.2, 0) is 4.74 Å². The van der Waals surface area contributed by atoms with Crippen LogP contribution in [0, 0.1) is 6.92 Å².